The second kappa shape index (κ2) is 5.66. The molecular weight excluding hydrogens is 238 g/mol. The van der Waals surface area contributed by atoms with Crippen LogP contribution in [0.5, 0.6) is 5.75 Å². The van der Waals surface area contributed by atoms with Crippen molar-refractivity contribution in [2.45, 2.75) is 13.2 Å². The summed E-state index contributed by atoms with van der Waals surface area (Å²) in [6.07, 6.45) is 3.20. The average Bonchev–Trinajstić information content (AvgIpc) is 2.38. The molecular formula is C13H12ClNO2. The molecule has 1 N–H and O–H groups in total. The molecule has 1 heterocycles. The van der Waals surface area contributed by atoms with Crippen LogP contribution < -0.4 is 4.74 Å². The van der Waals surface area contributed by atoms with Gasteiger partial charge in [-0.3, -0.25) is 4.98 Å². The largest absolute Gasteiger partial charge is 0.487 e. The fourth-order valence-electron chi connectivity index (χ4n) is 1.44. The zero-order chi connectivity index (χ0) is 12.1. The Morgan fingerprint density at radius 2 is 2.00 bits per heavy atom. The molecule has 0 radical (unpaired) electrons. The number of pyridine rings is 1. The molecule has 88 valence electrons. The first-order valence-electron chi connectivity index (χ1n) is 5.21. The standard InChI is InChI=1S/C13H12ClNO2/c14-12-4-2-1-3-11(12)9-17-13-7-15-6-5-10(13)8-16/h1-7,16H,8-9H2. The van der Waals surface area contributed by atoms with Crippen molar-refractivity contribution in [3.05, 3.63) is 58.9 Å². The second-order valence-electron chi connectivity index (χ2n) is 3.52. The van der Waals surface area contributed by atoms with E-state index in [4.69, 9.17) is 21.4 Å². The van der Waals surface area contributed by atoms with Crippen LogP contribution in [0.1, 0.15) is 11.1 Å². The van der Waals surface area contributed by atoms with Gasteiger partial charge in [-0.1, -0.05) is 29.8 Å². The first-order chi connectivity index (χ1) is 8.31. The second-order valence-corrected chi connectivity index (χ2v) is 3.93. The first-order valence-corrected chi connectivity index (χ1v) is 5.59. The van der Waals surface area contributed by atoms with E-state index in [0.717, 1.165) is 5.56 Å². The molecule has 1 aromatic heterocycles. The van der Waals surface area contributed by atoms with Gasteiger partial charge < -0.3 is 9.84 Å². The lowest BCUT2D eigenvalue weighted by Gasteiger charge is -2.10. The number of aromatic nitrogens is 1. The Morgan fingerprint density at radius 1 is 1.18 bits per heavy atom. The lowest BCUT2D eigenvalue weighted by Crippen LogP contribution is -1.99. The lowest BCUT2D eigenvalue weighted by atomic mass is 10.2. The molecule has 0 amide bonds. The number of aliphatic hydroxyl groups excluding tert-OH is 1. The third kappa shape index (κ3) is 2.96. The van der Waals surface area contributed by atoms with Crippen molar-refractivity contribution in [2.75, 3.05) is 0 Å². The summed E-state index contributed by atoms with van der Waals surface area (Å²) < 4.78 is 5.59. The molecule has 0 saturated carbocycles. The summed E-state index contributed by atoms with van der Waals surface area (Å²) in [6.45, 7) is 0.290. The molecule has 0 spiro atoms. The molecule has 0 unspecified atom stereocenters. The molecule has 0 fully saturated rings. The third-order valence-electron chi connectivity index (χ3n) is 2.38. The SMILES string of the molecule is OCc1ccncc1OCc1ccccc1Cl. The highest BCUT2D eigenvalue weighted by Gasteiger charge is 2.04. The van der Waals surface area contributed by atoms with E-state index in [1.54, 1.807) is 18.5 Å². The molecule has 0 aliphatic heterocycles. The van der Waals surface area contributed by atoms with Crippen molar-refractivity contribution in [2.24, 2.45) is 0 Å². The van der Waals surface area contributed by atoms with E-state index in [1.165, 1.54) is 0 Å². The Balaban J connectivity index is 2.10. The van der Waals surface area contributed by atoms with Crippen molar-refractivity contribution in [3.63, 3.8) is 0 Å². The van der Waals surface area contributed by atoms with E-state index in [9.17, 15) is 0 Å². The van der Waals surface area contributed by atoms with Gasteiger partial charge >= 0.3 is 0 Å². The van der Waals surface area contributed by atoms with Crippen molar-refractivity contribution < 1.29 is 9.84 Å². The summed E-state index contributed by atoms with van der Waals surface area (Å²) in [5, 5.41) is 9.80. The maximum absolute atomic E-state index is 9.14. The summed E-state index contributed by atoms with van der Waals surface area (Å²) in [4.78, 5) is 3.96. The maximum Gasteiger partial charge on any atom is 0.143 e. The van der Waals surface area contributed by atoms with Gasteiger partial charge in [-0.2, -0.15) is 0 Å². The number of hydrogen-bond acceptors (Lipinski definition) is 3. The minimum absolute atomic E-state index is 0.0691. The Hall–Kier alpha value is -1.58. The molecule has 0 aliphatic rings. The molecule has 1 aromatic carbocycles. The van der Waals surface area contributed by atoms with Crippen LogP contribution in [-0.2, 0) is 13.2 Å². The van der Waals surface area contributed by atoms with E-state index in [2.05, 4.69) is 4.98 Å². The highest BCUT2D eigenvalue weighted by Crippen LogP contribution is 2.20. The molecule has 4 heteroatoms. The number of halogens is 1. The van der Waals surface area contributed by atoms with Gasteiger partial charge in [0.1, 0.15) is 12.4 Å². The summed E-state index contributed by atoms with van der Waals surface area (Å²) in [5.41, 5.74) is 1.62. The van der Waals surface area contributed by atoms with Crippen LogP contribution >= 0.6 is 11.6 Å². The molecule has 2 rings (SSSR count). The average molecular weight is 250 g/mol. The predicted molar refractivity (Wildman–Crippen MR) is 65.9 cm³/mol. The van der Waals surface area contributed by atoms with E-state index in [-0.39, 0.29) is 6.61 Å². The molecule has 0 bridgehead atoms. The lowest BCUT2D eigenvalue weighted by molar-refractivity contribution is 0.258. The molecule has 2 aromatic rings. The topological polar surface area (TPSA) is 42.4 Å². The highest BCUT2D eigenvalue weighted by atomic mass is 35.5. The van der Waals surface area contributed by atoms with Gasteiger partial charge in [0, 0.05) is 22.3 Å². The van der Waals surface area contributed by atoms with Crippen molar-refractivity contribution in [1.82, 2.24) is 4.98 Å². The fourth-order valence-corrected chi connectivity index (χ4v) is 1.63. The molecule has 0 saturated heterocycles. The van der Waals surface area contributed by atoms with Gasteiger partial charge in [-0.15, -0.1) is 0 Å². The van der Waals surface area contributed by atoms with E-state index < -0.39 is 0 Å². The van der Waals surface area contributed by atoms with Crippen molar-refractivity contribution in [3.8, 4) is 5.75 Å². The monoisotopic (exact) mass is 249 g/mol. The Morgan fingerprint density at radius 3 is 2.76 bits per heavy atom. The van der Waals surface area contributed by atoms with Crippen LogP contribution in [0.15, 0.2) is 42.7 Å². The van der Waals surface area contributed by atoms with Crippen LogP contribution in [-0.4, -0.2) is 10.1 Å². The summed E-state index contributed by atoms with van der Waals surface area (Å²) in [5.74, 6) is 0.579. The van der Waals surface area contributed by atoms with Gasteiger partial charge in [-0.05, 0) is 12.1 Å². The zero-order valence-corrected chi connectivity index (χ0v) is 9.89. The number of rotatable bonds is 4. The Kier molecular flexibility index (Phi) is 3.96. The maximum atomic E-state index is 9.14. The molecule has 0 atom stereocenters. The normalized spacial score (nSPS) is 10.2. The smallest absolute Gasteiger partial charge is 0.143 e. The van der Waals surface area contributed by atoms with Crippen LogP contribution in [0.25, 0.3) is 0 Å². The minimum atomic E-state index is -0.0691. The fraction of sp³-hybridized carbons (Fsp3) is 0.154. The Labute approximate surface area is 105 Å². The highest BCUT2D eigenvalue weighted by molar-refractivity contribution is 6.31. The summed E-state index contributed by atoms with van der Waals surface area (Å²) >= 11 is 6.02. The van der Waals surface area contributed by atoms with Crippen molar-refractivity contribution in [1.29, 1.82) is 0 Å². The van der Waals surface area contributed by atoms with Crippen LogP contribution in [0.3, 0.4) is 0 Å². The van der Waals surface area contributed by atoms with Gasteiger partial charge in [0.25, 0.3) is 0 Å². The number of benzene rings is 1. The number of nitrogens with zero attached hydrogens (tertiary/aromatic N) is 1. The molecule has 3 nitrogen and oxygen atoms in total. The van der Waals surface area contributed by atoms with Crippen molar-refractivity contribution >= 4 is 11.6 Å². The predicted octanol–water partition coefficient (Wildman–Crippen LogP) is 2.81. The zero-order valence-electron chi connectivity index (χ0n) is 9.14. The molecule has 0 aliphatic carbocycles. The van der Waals surface area contributed by atoms with Gasteiger partial charge in [0.15, 0.2) is 0 Å². The summed E-state index contributed by atoms with van der Waals surface area (Å²) in [6, 6.07) is 9.21. The third-order valence-corrected chi connectivity index (χ3v) is 2.75. The van der Waals surface area contributed by atoms with Crippen LogP contribution in [0, 0.1) is 0 Å². The first kappa shape index (κ1) is 11.9. The number of ether oxygens (including phenoxy) is 1. The van der Waals surface area contributed by atoms with Crippen LogP contribution in [0.4, 0.5) is 0 Å². The number of hydrogen-bond donors (Lipinski definition) is 1. The van der Waals surface area contributed by atoms with Gasteiger partial charge in [0.05, 0.1) is 12.8 Å². The quantitative estimate of drug-likeness (QED) is 0.906. The van der Waals surface area contributed by atoms with Gasteiger partial charge in [0.2, 0.25) is 0 Å². The number of aliphatic hydroxyl groups is 1. The van der Waals surface area contributed by atoms with Gasteiger partial charge in [-0.25, -0.2) is 0 Å². The van der Waals surface area contributed by atoms with E-state index in [0.29, 0.717) is 22.9 Å². The Bertz CT molecular complexity index is 502. The minimum Gasteiger partial charge on any atom is -0.487 e. The summed E-state index contributed by atoms with van der Waals surface area (Å²) in [7, 11) is 0. The van der Waals surface area contributed by atoms with E-state index >= 15 is 0 Å². The molecule has 17 heavy (non-hydrogen) atoms. The van der Waals surface area contributed by atoms with E-state index in [1.807, 2.05) is 24.3 Å². The van der Waals surface area contributed by atoms with Crippen LogP contribution in [0.2, 0.25) is 5.02 Å².